The minimum absolute atomic E-state index is 0.00952. The van der Waals surface area contributed by atoms with Gasteiger partial charge in [-0.1, -0.05) is 29.8 Å². The Labute approximate surface area is 188 Å². The molecule has 8 nitrogen and oxygen atoms in total. The molecule has 0 saturated carbocycles. The Hall–Kier alpha value is -2.79. The van der Waals surface area contributed by atoms with Crippen LogP contribution in [-0.2, 0) is 16.0 Å². The SMILES string of the molecule is N#CNC(=NCCc1ccccc1Cl)N[C@H]1CCCCN(CC(=O)N2CCCC2)C1=O. The first kappa shape index (κ1) is 22.9. The van der Waals surface area contributed by atoms with E-state index in [1.54, 1.807) is 4.90 Å². The van der Waals surface area contributed by atoms with Crippen molar-refractivity contribution in [3.05, 3.63) is 34.9 Å². The van der Waals surface area contributed by atoms with E-state index < -0.39 is 6.04 Å². The van der Waals surface area contributed by atoms with E-state index in [4.69, 9.17) is 16.9 Å². The van der Waals surface area contributed by atoms with E-state index in [9.17, 15) is 9.59 Å². The first-order valence-corrected chi connectivity index (χ1v) is 11.2. The highest BCUT2D eigenvalue weighted by molar-refractivity contribution is 6.31. The minimum atomic E-state index is -0.520. The Morgan fingerprint density at radius 2 is 1.94 bits per heavy atom. The van der Waals surface area contributed by atoms with Crippen LogP contribution >= 0.6 is 11.6 Å². The average Bonchev–Trinajstić information content (AvgIpc) is 3.25. The van der Waals surface area contributed by atoms with Crippen LogP contribution in [0.25, 0.3) is 0 Å². The second-order valence-electron chi connectivity index (χ2n) is 7.85. The molecule has 2 N–H and O–H groups in total. The number of carbonyl (C=O) groups excluding carboxylic acids is 2. The molecule has 1 atom stereocenters. The van der Waals surface area contributed by atoms with Crippen LogP contribution in [0.3, 0.4) is 0 Å². The summed E-state index contributed by atoms with van der Waals surface area (Å²) in [7, 11) is 0. The Morgan fingerprint density at radius 1 is 1.19 bits per heavy atom. The maximum atomic E-state index is 13.1. The molecule has 31 heavy (non-hydrogen) atoms. The number of nitrogens with one attached hydrogen (secondary N) is 2. The van der Waals surface area contributed by atoms with Crippen LogP contribution in [0.1, 0.15) is 37.7 Å². The molecule has 0 aromatic heterocycles. The molecule has 0 radical (unpaired) electrons. The molecule has 2 heterocycles. The Balaban J connectivity index is 1.61. The number of rotatable bonds is 6. The van der Waals surface area contributed by atoms with Gasteiger partial charge < -0.3 is 15.1 Å². The number of hydrogen-bond acceptors (Lipinski definition) is 4. The summed E-state index contributed by atoms with van der Waals surface area (Å²) in [6, 6.07) is 7.04. The van der Waals surface area contributed by atoms with Crippen LogP contribution in [0.4, 0.5) is 0 Å². The van der Waals surface area contributed by atoms with Gasteiger partial charge in [0.15, 0.2) is 6.19 Å². The third-order valence-corrected chi connectivity index (χ3v) is 6.03. The zero-order valence-corrected chi connectivity index (χ0v) is 18.4. The van der Waals surface area contributed by atoms with Gasteiger partial charge in [0.1, 0.15) is 6.04 Å². The zero-order chi connectivity index (χ0) is 22.1. The molecular weight excluding hydrogens is 416 g/mol. The second kappa shape index (κ2) is 11.6. The minimum Gasteiger partial charge on any atom is -0.344 e. The normalized spacial score (nSPS) is 19.7. The lowest BCUT2D eigenvalue weighted by Gasteiger charge is -2.27. The maximum absolute atomic E-state index is 13.1. The van der Waals surface area contributed by atoms with Crippen molar-refractivity contribution in [3.63, 3.8) is 0 Å². The van der Waals surface area contributed by atoms with Gasteiger partial charge in [-0.05, 0) is 50.2 Å². The standard InChI is InChI=1S/C22H29ClN6O2/c23-18-8-2-1-7-17(18)10-11-25-22(26-16-24)27-19-9-3-4-14-29(21(19)31)15-20(30)28-12-5-6-13-28/h1-2,7-8,19H,3-6,9-15H2,(H2,25,26,27)/t19-/m0/s1. The first-order valence-electron chi connectivity index (χ1n) is 10.8. The Kier molecular flexibility index (Phi) is 8.53. The second-order valence-corrected chi connectivity index (χ2v) is 8.26. The molecule has 9 heteroatoms. The quantitative estimate of drug-likeness (QED) is 0.302. The van der Waals surface area contributed by atoms with Gasteiger partial charge in [0, 0.05) is 31.2 Å². The molecule has 2 saturated heterocycles. The van der Waals surface area contributed by atoms with Gasteiger partial charge in [0.25, 0.3) is 0 Å². The van der Waals surface area contributed by atoms with Crippen molar-refractivity contribution >= 4 is 29.4 Å². The van der Waals surface area contributed by atoms with E-state index in [0.717, 1.165) is 44.3 Å². The number of hydrogen-bond donors (Lipinski definition) is 2. The van der Waals surface area contributed by atoms with Crippen molar-refractivity contribution < 1.29 is 9.59 Å². The van der Waals surface area contributed by atoms with E-state index >= 15 is 0 Å². The number of halogens is 1. The summed E-state index contributed by atoms with van der Waals surface area (Å²) in [6.45, 7) is 2.65. The molecule has 0 aliphatic carbocycles. The molecule has 0 unspecified atom stereocenters. The smallest absolute Gasteiger partial charge is 0.245 e. The monoisotopic (exact) mass is 444 g/mol. The van der Waals surface area contributed by atoms with Crippen LogP contribution in [0.5, 0.6) is 0 Å². The summed E-state index contributed by atoms with van der Waals surface area (Å²) in [6.07, 6.45) is 6.88. The van der Waals surface area contributed by atoms with Crippen LogP contribution in [-0.4, -0.2) is 66.3 Å². The van der Waals surface area contributed by atoms with Crippen molar-refractivity contribution in [2.75, 3.05) is 32.7 Å². The predicted octanol–water partition coefficient (Wildman–Crippen LogP) is 1.90. The van der Waals surface area contributed by atoms with Gasteiger partial charge in [-0.25, -0.2) is 0 Å². The molecule has 3 rings (SSSR count). The highest BCUT2D eigenvalue weighted by Gasteiger charge is 2.30. The predicted molar refractivity (Wildman–Crippen MR) is 119 cm³/mol. The van der Waals surface area contributed by atoms with E-state index in [-0.39, 0.29) is 24.3 Å². The van der Waals surface area contributed by atoms with E-state index in [2.05, 4.69) is 15.6 Å². The van der Waals surface area contributed by atoms with Gasteiger partial charge in [-0.2, -0.15) is 5.26 Å². The number of amides is 2. The average molecular weight is 445 g/mol. The molecular formula is C22H29ClN6O2. The fourth-order valence-corrected chi connectivity index (χ4v) is 4.18. The molecule has 166 valence electrons. The first-order chi connectivity index (χ1) is 15.1. The molecule has 2 fully saturated rings. The Bertz CT molecular complexity index is 847. The fraction of sp³-hybridized carbons (Fsp3) is 0.545. The maximum Gasteiger partial charge on any atom is 0.245 e. The van der Waals surface area contributed by atoms with Crippen molar-refractivity contribution in [2.24, 2.45) is 4.99 Å². The van der Waals surface area contributed by atoms with E-state index in [1.807, 2.05) is 35.4 Å². The number of carbonyl (C=O) groups is 2. The van der Waals surface area contributed by atoms with Crippen molar-refractivity contribution in [1.82, 2.24) is 20.4 Å². The lowest BCUT2D eigenvalue weighted by molar-refractivity contribution is -0.140. The summed E-state index contributed by atoms with van der Waals surface area (Å²) in [5.74, 6) is 0.152. The summed E-state index contributed by atoms with van der Waals surface area (Å²) >= 11 is 6.18. The number of aliphatic imine (C=N–C) groups is 1. The molecule has 1 aromatic carbocycles. The van der Waals surface area contributed by atoms with E-state index in [1.165, 1.54) is 0 Å². The highest BCUT2D eigenvalue weighted by Crippen LogP contribution is 2.16. The summed E-state index contributed by atoms with van der Waals surface area (Å²) in [5.41, 5.74) is 0.973. The molecule has 0 bridgehead atoms. The van der Waals surface area contributed by atoms with Gasteiger partial charge in [0.05, 0.1) is 6.54 Å². The zero-order valence-electron chi connectivity index (χ0n) is 17.6. The summed E-state index contributed by atoms with van der Waals surface area (Å²) < 4.78 is 0. The number of nitriles is 1. The molecule has 2 aliphatic heterocycles. The molecule has 1 aromatic rings. The van der Waals surface area contributed by atoms with Gasteiger partial charge in [0.2, 0.25) is 17.8 Å². The van der Waals surface area contributed by atoms with E-state index in [0.29, 0.717) is 31.0 Å². The lowest BCUT2D eigenvalue weighted by atomic mass is 10.1. The van der Waals surface area contributed by atoms with Gasteiger partial charge >= 0.3 is 0 Å². The molecule has 0 spiro atoms. The van der Waals surface area contributed by atoms with Crippen LogP contribution in [0, 0.1) is 11.5 Å². The number of guanidine groups is 1. The topological polar surface area (TPSA) is 101 Å². The van der Waals surface area contributed by atoms with Gasteiger partial charge in [-0.15, -0.1) is 0 Å². The van der Waals surface area contributed by atoms with Crippen LogP contribution < -0.4 is 10.6 Å². The van der Waals surface area contributed by atoms with Crippen LogP contribution in [0.15, 0.2) is 29.3 Å². The van der Waals surface area contributed by atoms with Crippen LogP contribution in [0.2, 0.25) is 5.02 Å². The summed E-state index contributed by atoms with van der Waals surface area (Å²) in [5, 5.41) is 15.4. The third kappa shape index (κ3) is 6.59. The third-order valence-electron chi connectivity index (χ3n) is 5.66. The van der Waals surface area contributed by atoms with Crippen molar-refractivity contribution in [1.29, 1.82) is 5.26 Å². The Morgan fingerprint density at radius 3 is 2.68 bits per heavy atom. The molecule has 2 aliphatic rings. The number of nitrogens with zero attached hydrogens (tertiary/aromatic N) is 4. The highest BCUT2D eigenvalue weighted by atomic mass is 35.5. The fourth-order valence-electron chi connectivity index (χ4n) is 3.95. The number of benzene rings is 1. The molecule has 2 amide bonds. The van der Waals surface area contributed by atoms with Crippen molar-refractivity contribution in [3.8, 4) is 6.19 Å². The van der Waals surface area contributed by atoms with Gasteiger partial charge in [-0.3, -0.25) is 19.9 Å². The largest absolute Gasteiger partial charge is 0.344 e. The summed E-state index contributed by atoms with van der Waals surface area (Å²) in [4.78, 5) is 33.5. The van der Waals surface area contributed by atoms with Crippen molar-refractivity contribution in [2.45, 2.75) is 44.6 Å². The number of likely N-dealkylation sites (tertiary alicyclic amines) is 2. The lowest BCUT2D eigenvalue weighted by Crippen LogP contribution is -2.52.